The van der Waals surface area contributed by atoms with Gasteiger partial charge in [0.15, 0.2) is 9.84 Å². The fraction of sp³-hybridized carbons (Fsp3) is 0.684. The molecule has 0 aliphatic heterocycles. The summed E-state index contributed by atoms with van der Waals surface area (Å²) >= 11 is 0. The van der Waals surface area contributed by atoms with E-state index in [2.05, 4.69) is 4.74 Å². The van der Waals surface area contributed by atoms with E-state index in [0.717, 1.165) is 0 Å². The van der Waals surface area contributed by atoms with Crippen LogP contribution in [0.3, 0.4) is 0 Å². The Balaban J connectivity index is 2.78. The zero-order chi connectivity index (χ0) is 30.8. The van der Waals surface area contributed by atoms with Crippen LogP contribution in [0.15, 0.2) is 30.3 Å². The van der Waals surface area contributed by atoms with Gasteiger partial charge in [-0.25, -0.2) is 17.9 Å². The maximum absolute atomic E-state index is 13.6. The normalized spacial score (nSPS) is 15.1. The SMILES string of the molecule is O=S(=O)(CCCCCC(F)(F)OC(F)(F)C(F)(F)OC(F)(F)C(F)(F)C(F)(F)C(F)(F)F)Cc1ccccc1. The van der Waals surface area contributed by atoms with Gasteiger partial charge in [0.05, 0.1) is 11.5 Å². The van der Waals surface area contributed by atoms with Gasteiger partial charge in [-0.2, -0.15) is 65.9 Å². The number of unbranched alkanes of at least 4 members (excludes halogenated alkanes) is 2. The van der Waals surface area contributed by atoms with E-state index in [9.17, 15) is 74.3 Å². The number of alkyl halides is 15. The number of rotatable bonds is 15. The Kier molecular flexibility index (Phi) is 10.3. The van der Waals surface area contributed by atoms with Gasteiger partial charge in [0, 0.05) is 6.42 Å². The first-order chi connectivity index (χ1) is 17.2. The molecule has 0 amide bonds. The van der Waals surface area contributed by atoms with Crippen molar-refractivity contribution in [2.24, 2.45) is 0 Å². The van der Waals surface area contributed by atoms with Gasteiger partial charge < -0.3 is 0 Å². The number of hydrogen-bond acceptors (Lipinski definition) is 4. The highest BCUT2D eigenvalue weighted by atomic mass is 32.2. The first-order valence-corrected chi connectivity index (χ1v) is 12.0. The van der Waals surface area contributed by atoms with Crippen LogP contribution >= 0.6 is 0 Å². The van der Waals surface area contributed by atoms with E-state index in [4.69, 9.17) is 0 Å². The van der Waals surface area contributed by atoms with Gasteiger partial charge in [0.2, 0.25) is 0 Å². The summed E-state index contributed by atoms with van der Waals surface area (Å²) in [7, 11) is -3.76. The standard InChI is InChI=1S/C19H17F15O4S/c20-13(21,9-5-2-6-10-39(35,36)11-12-7-3-1-4-8-12)37-18(31,32)19(33,34)38-17(29,30)15(24,25)14(22,23)16(26,27)28/h1,3-4,7-8H,2,5-6,9-11H2. The highest BCUT2D eigenvalue weighted by Crippen LogP contribution is 2.56. The lowest BCUT2D eigenvalue weighted by molar-refractivity contribution is -0.542. The fourth-order valence-corrected chi connectivity index (χ4v) is 4.16. The van der Waals surface area contributed by atoms with E-state index in [1.807, 2.05) is 0 Å². The van der Waals surface area contributed by atoms with Crippen molar-refractivity contribution < 1.29 is 83.7 Å². The predicted molar refractivity (Wildman–Crippen MR) is 100 cm³/mol. The molecule has 0 N–H and O–H groups in total. The quantitative estimate of drug-likeness (QED) is 0.151. The predicted octanol–water partition coefficient (Wildman–Crippen LogP) is 7.40. The van der Waals surface area contributed by atoms with E-state index in [1.54, 1.807) is 6.07 Å². The van der Waals surface area contributed by atoms with Crippen LogP contribution in [0.4, 0.5) is 65.9 Å². The second-order valence-corrected chi connectivity index (χ2v) is 10.1. The van der Waals surface area contributed by atoms with Crippen LogP contribution in [-0.2, 0) is 25.1 Å². The topological polar surface area (TPSA) is 52.6 Å². The van der Waals surface area contributed by atoms with Crippen molar-refractivity contribution in [2.45, 2.75) is 73.9 Å². The Morgan fingerprint density at radius 2 is 1.08 bits per heavy atom. The summed E-state index contributed by atoms with van der Waals surface area (Å²) in [5.74, 6) is -16.7. The summed E-state index contributed by atoms with van der Waals surface area (Å²) in [4.78, 5) is 0. The number of sulfone groups is 1. The van der Waals surface area contributed by atoms with Crippen LogP contribution < -0.4 is 0 Å². The molecule has 0 aromatic heterocycles. The molecule has 20 heteroatoms. The molecular formula is C19H17F15O4S. The van der Waals surface area contributed by atoms with Crippen molar-refractivity contribution in [3.8, 4) is 0 Å². The van der Waals surface area contributed by atoms with Crippen LogP contribution in [0, 0.1) is 0 Å². The van der Waals surface area contributed by atoms with Gasteiger partial charge in [0.1, 0.15) is 0 Å². The van der Waals surface area contributed by atoms with Gasteiger partial charge in [-0.15, -0.1) is 0 Å². The average Bonchev–Trinajstić information content (AvgIpc) is 2.71. The second kappa shape index (κ2) is 11.5. The summed E-state index contributed by atoms with van der Waals surface area (Å²) < 4.78 is 222. The highest BCUT2D eigenvalue weighted by molar-refractivity contribution is 7.90. The lowest BCUT2D eigenvalue weighted by Gasteiger charge is -2.36. The lowest BCUT2D eigenvalue weighted by atomic mass is 10.1. The molecule has 0 fully saturated rings. The molecule has 0 bridgehead atoms. The van der Waals surface area contributed by atoms with Gasteiger partial charge in [-0.3, -0.25) is 0 Å². The van der Waals surface area contributed by atoms with Gasteiger partial charge in [-0.1, -0.05) is 36.8 Å². The molecule has 1 rings (SSSR count). The zero-order valence-corrected chi connectivity index (χ0v) is 19.7. The lowest BCUT2D eigenvalue weighted by Crippen LogP contribution is -2.64. The minimum absolute atomic E-state index is 0.338. The summed E-state index contributed by atoms with van der Waals surface area (Å²) in [6, 6.07) is 7.59. The Labute approximate surface area is 210 Å². The maximum atomic E-state index is 13.6. The monoisotopic (exact) mass is 626 g/mol. The van der Waals surface area contributed by atoms with E-state index in [1.165, 1.54) is 29.0 Å². The van der Waals surface area contributed by atoms with E-state index >= 15 is 0 Å². The van der Waals surface area contributed by atoms with Crippen LogP contribution in [0.1, 0.15) is 31.2 Å². The number of halogens is 15. The smallest absolute Gasteiger partial charge is 0.248 e. The van der Waals surface area contributed by atoms with Gasteiger partial charge in [-0.05, 0) is 18.4 Å². The Bertz CT molecular complexity index is 1040. The molecule has 0 saturated carbocycles. The van der Waals surface area contributed by atoms with E-state index in [0.29, 0.717) is 5.56 Å². The molecule has 1 aromatic rings. The van der Waals surface area contributed by atoms with Crippen molar-refractivity contribution in [2.75, 3.05) is 5.75 Å². The third-order valence-electron chi connectivity index (χ3n) is 4.64. The first kappa shape index (κ1) is 35.1. The number of hydrogen-bond donors (Lipinski definition) is 0. The minimum atomic E-state index is -7.92. The molecule has 0 unspecified atom stereocenters. The molecule has 0 saturated heterocycles. The molecule has 0 spiro atoms. The van der Waals surface area contributed by atoms with Crippen molar-refractivity contribution in [1.29, 1.82) is 0 Å². The molecule has 0 aliphatic carbocycles. The van der Waals surface area contributed by atoms with Crippen molar-refractivity contribution in [1.82, 2.24) is 0 Å². The summed E-state index contributed by atoms with van der Waals surface area (Å²) in [6.45, 7) is 0. The van der Waals surface area contributed by atoms with Crippen LogP contribution in [-0.4, -0.2) is 56.6 Å². The average molecular weight is 626 g/mol. The van der Waals surface area contributed by atoms with E-state index in [-0.39, 0.29) is 6.42 Å². The number of ether oxygens (including phenoxy) is 2. The summed E-state index contributed by atoms with van der Waals surface area (Å²) in [6.07, 6.45) is -38.4. The van der Waals surface area contributed by atoms with Crippen LogP contribution in [0.25, 0.3) is 0 Å². The van der Waals surface area contributed by atoms with Crippen molar-refractivity contribution in [3.63, 3.8) is 0 Å². The largest absolute Gasteiger partial charge is 0.460 e. The summed E-state index contributed by atoms with van der Waals surface area (Å²) in [5, 5.41) is 0. The van der Waals surface area contributed by atoms with Crippen LogP contribution in [0.2, 0.25) is 0 Å². The Morgan fingerprint density at radius 3 is 1.56 bits per heavy atom. The molecule has 0 atom stereocenters. The molecule has 0 radical (unpaired) electrons. The zero-order valence-electron chi connectivity index (χ0n) is 18.8. The van der Waals surface area contributed by atoms with Crippen molar-refractivity contribution in [3.05, 3.63) is 35.9 Å². The highest BCUT2D eigenvalue weighted by Gasteiger charge is 2.85. The second-order valence-electron chi connectivity index (χ2n) is 7.93. The summed E-state index contributed by atoms with van der Waals surface area (Å²) in [5.41, 5.74) is 0.383. The molecule has 228 valence electrons. The number of benzene rings is 1. The van der Waals surface area contributed by atoms with Gasteiger partial charge >= 0.3 is 42.5 Å². The van der Waals surface area contributed by atoms with Crippen molar-refractivity contribution >= 4 is 9.84 Å². The Hall–Kier alpha value is -1.96. The molecule has 0 aliphatic rings. The molecule has 1 aromatic carbocycles. The van der Waals surface area contributed by atoms with Gasteiger partial charge in [0.25, 0.3) is 0 Å². The van der Waals surface area contributed by atoms with Crippen LogP contribution in [0.5, 0.6) is 0 Å². The third kappa shape index (κ3) is 8.76. The molecule has 0 heterocycles. The first-order valence-electron chi connectivity index (χ1n) is 10.2. The fourth-order valence-electron chi connectivity index (χ4n) is 2.67. The molecule has 39 heavy (non-hydrogen) atoms. The van der Waals surface area contributed by atoms with E-state index < -0.39 is 83.1 Å². The molecular weight excluding hydrogens is 609 g/mol. The maximum Gasteiger partial charge on any atom is 0.460 e. The third-order valence-corrected chi connectivity index (χ3v) is 6.32. The Morgan fingerprint density at radius 1 is 0.590 bits per heavy atom. The molecule has 4 nitrogen and oxygen atoms in total. The minimum Gasteiger partial charge on any atom is -0.248 e.